The third kappa shape index (κ3) is 18.8. The van der Waals surface area contributed by atoms with Crippen LogP contribution >= 0.6 is 0 Å². The Balaban J connectivity index is 1.46. The molecule has 1 aliphatic heterocycles. The molecule has 0 radical (unpaired) electrons. The maximum atomic E-state index is 14.1. The summed E-state index contributed by atoms with van der Waals surface area (Å²) in [6, 6.07) is 9.08. The van der Waals surface area contributed by atoms with Crippen LogP contribution in [0.4, 0.5) is 4.79 Å². The third-order valence-electron chi connectivity index (χ3n) is 12.4. The van der Waals surface area contributed by atoms with Crippen LogP contribution in [0.2, 0.25) is 0 Å². The lowest BCUT2D eigenvalue weighted by Gasteiger charge is -2.26. The Morgan fingerprint density at radius 2 is 1.42 bits per heavy atom. The summed E-state index contributed by atoms with van der Waals surface area (Å²) < 4.78 is 0. The van der Waals surface area contributed by atoms with Gasteiger partial charge in [-0.3, -0.25) is 48.1 Å². The van der Waals surface area contributed by atoms with E-state index in [1.165, 1.54) is 14.0 Å². The average Bonchev–Trinajstić information content (AvgIpc) is 3.97. The quantitative estimate of drug-likeness (QED) is 0.0221. The summed E-state index contributed by atoms with van der Waals surface area (Å²) in [7, 11) is 1.50. The molecule has 1 saturated heterocycles. The summed E-state index contributed by atoms with van der Waals surface area (Å²) in [5.41, 5.74) is 19.1. The van der Waals surface area contributed by atoms with Gasteiger partial charge in [-0.15, -0.1) is 0 Å². The number of para-hydroxylation sites is 1. The van der Waals surface area contributed by atoms with Crippen LogP contribution in [0.1, 0.15) is 83.3 Å². The van der Waals surface area contributed by atoms with Crippen molar-refractivity contribution in [1.29, 1.82) is 0 Å². The molecular formula is C50H70N12O11. The van der Waals surface area contributed by atoms with Gasteiger partial charge in [0.25, 0.3) is 0 Å². The first kappa shape index (κ1) is 57.9. The van der Waals surface area contributed by atoms with Gasteiger partial charge >= 0.3 is 6.03 Å². The molecule has 0 aliphatic carbocycles. The molecule has 3 aromatic rings. The predicted molar refractivity (Wildman–Crippen MR) is 270 cm³/mol. The van der Waals surface area contributed by atoms with Crippen molar-refractivity contribution < 1.29 is 53.1 Å². The molecular weight excluding hydrogens is 945 g/mol. The van der Waals surface area contributed by atoms with Crippen LogP contribution in [-0.2, 0) is 56.0 Å². The number of nitrogens with one attached hydrogen (secondary N) is 8. The van der Waals surface area contributed by atoms with E-state index in [9.17, 15) is 53.1 Å². The number of aromatic nitrogens is 1. The highest BCUT2D eigenvalue weighted by atomic mass is 16.3. The summed E-state index contributed by atoms with van der Waals surface area (Å²) >= 11 is 0. The van der Waals surface area contributed by atoms with Crippen molar-refractivity contribution in [2.75, 3.05) is 20.1 Å². The number of H-pyrrole nitrogens is 1. The number of ketones is 3. The minimum absolute atomic E-state index is 0.0771. The highest BCUT2D eigenvalue weighted by Crippen LogP contribution is 2.22. The molecule has 8 atom stereocenters. The first-order chi connectivity index (χ1) is 34.6. The summed E-state index contributed by atoms with van der Waals surface area (Å²) in [6.45, 7) is 4.57. The second-order valence-corrected chi connectivity index (χ2v) is 18.7. The highest BCUT2D eigenvalue weighted by Gasteiger charge is 2.36. The number of nitrogens with two attached hydrogens (primary N) is 3. The minimum Gasteiger partial charge on any atom is -0.393 e. The van der Waals surface area contributed by atoms with E-state index in [0.717, 1.165) is 16.5 Å². The van der Waals surface area contributed by atoms with Gasteiger partial charge in [0.15, 0.2) is 23.3 Å². The monoisotopic (exact) mass is 1010 g/mol. The van der Waals surface area contributed by atoms with Crippen molar-refractivity contribution in [3.8, 4) is 0 Å². The number of aliphatic hydroxyl groups excluding tert-OH is 1. The maximum Gasteiger partial charge on any atom is 0.315 e. The van der Waals surface area contributed by atoms with Gasteiger partial charge in [-0.2, -0.15) is 0 Å². The fourth-order valence-electron chi connectivity index (χ4n) is 8.37. The summed E-state index contributed by atoms with van der Waals surface area (Å²) in [6.07, 6.45) is -0.472. The molecule has 1 fully saturated rings. The molecule has 15 N–H and O–H groups in total. The Morgan fingerprint density at radius 3 is 2.05 bits per heavy atom. The molecule has 8 amide bonds. The van der Waals surface area contributed by atoms with Crippen LogP contribution in [0.15, 0.2) is 65.8 Å². The number of aliphatic imine (C=N–C) groups is 1. The Bertz CT molecular complexity index is 2480. The van der Waals surface area contributed by atoms with E-state index < -0.39 is 120 Å². The number of carbonyl (C=O) groups excluding carboxylic acids is 10. The van der Waals surface area contributed by atoms with E-state index in [-0.39, 0.29) is 62.7 Å². The van der Waals surface area contributed by atoms with E-state index in [2.05, 4.69) is 47.2 Å². The zero-order chi connectivity index (χ0) is 53.8. The van der Waals surface area contributed by atoms with Gasteiger partial charge in [-0.25, -0.2) is 4.79 Å². The number of fused-ring (bicyclic) bond motifs is 1. The van der Waals surface area contributed by atoms with Crippen LogP contribution in [-0.4, -0.2) is 131 Å². The number of hydrogen-bond donors (Lipinski definition) is 12. The smallest absolute Gasteiger partial charge is 0.315 e. The number of rotatable bonds is 30. The number of hydrogen-bond acceptors (Lipinski definition) is 12. The minimum atomic E-state index is -1.49. The molecule has 23 nitrogen and oxygen atoms in total. The Morgan fingerprint density at radius 1 is 0.753 bits per heavy atom. The molecule has 1 aliphatic rings. The zero-order valence-corrected chi connectivity index (χ0v) is 41.7. The lowest BCUT2D eigenvalue weighted by atomic mass is 9.90. The number of urea groups is 1. The molecule has 0 spiro atoms. The average molecular weight is 1020 g/mol. The second kappa shape index (κ2) is 28.4. The molecule has 2 heterocycles. The summed E-state index contributed by atoms with van der Waals surface area (Å²) in [5.74, 6) is -8.77. The van der Waals surface area contributed by atoms with Crippen molar-refractivity contribution in [2.45, 2.75) is 121 Å². The van der Waals surface area contributed by atoms with Gasteiger partial charge in [0, 0.05) is 62.3 Å². The van der Waals surface area contributed by atoms with Crippen LogP contribution in [0, 0.1) is 17.8 Å². The molecule has 396 valence electrons. The molecule has 73 heavy (non-hydrogen) atoms. The van der Waals surface area contributed by atoms with Crippen molar-refractivity contribution in [3.63, 3.8) is 0 Å². The fraction of sp³-hybridized carbons (Fsp3) is 0.500. The van der Waals surface area contributed by atoms with Crippen LogP contribution in [0.3, 0.4) is 0 Å². The first-order valence-electron chi connectivity index (χ1n) is 24.3. The fourth-order valence-corrected chi connectivity index (χ4v) is 8.37. The number of aromatic amines is 1. The Labute approximate surface area is 423 Å². The van der Waals surface area contributed by atoms with Crippen LogP contribution in [0.5, 0.6) is 0 Å². The van der Waals surface area contributed by atoms with Crippen molar-refractivity contribution >= 4 is 75.7 Å². The van der Waals surface area contributed by atoms with Gasteiger partial charge in [0.1, 0.15) is 12.1 Å². The van der Waals surface area contributed by atoms with Crippen molar-refractivity contribution in [2.24, 2.45) is 39.9 Å². The second-order valence-electron chi connectivity index (χ2n) is 18.7. The number of carbonyl (C=O) groups is 10. The molecule has 0 unspecified atom stereocenters. The van der Waals surface area contributed by atoms with E-state index in [4.69, 9.17) is 17.2 Å². The molecule has 23 heteroatoms. The van der Waals surface area contributed by atoms with Gasteiger partial charge in [0.05, 0.1) is 43.1 Å². The van der Waals surface area contributed by atoms with Crippen LogP contribution < -0.4 is 54.4 Å². The lowest BCUT2D eigenvalue weighted by Crippen LogP contribution is -2.53. The van der Waals surface area contributed by atoms with Gasteiger partial charge < -0.3 is 64.5 Å². The molecule has 4 rings (SSSR count). The highest BCUT2D eigenvalue weighted by molar-refractivity contribution is 5.99. The number of nitrogens with zero attached hydrogens (tertiary/aromatic N) is 1. The van der Waals surface area contributed by atoms with E-state index in [0.29, 0.717) is 18.5 Å². The van der Waals surface area contributed by atoms with E-state index in [1.54, 1.807) is 36.5 Å². The summed E-state index contributed by atoms with van der Waals surface area (Å²) in [5, 5.41) is 29.8. The van der Waals surface area contributed by atoms with Crippen LogP contribution in [0.25, 0.3) is 10.9 Å². The number of aliphatic hydroxyl groups is 1. The molecule has 2 aromatic carbocycles. The predicted octanol–water partition coefficient (Wildman–Crippen LogP) is -0.824. The number of amides is 8. The van der Waals surface area contributed by atoms with Crippen molar-refractivity contribution in [1.82, 2.24) is 42.2 Å². The topological polar surface area (TPSA) is 381 Å². The first-order valence-corrected chi connectivity index (χ1v) is 24.3. The number of Topliss-reactive ketones (excluding diaryl/α,β-unsaturated/α-hetero) is 3. The Kier molecular flexibility index (Phi) is 22.5. The molecule has 0 saturated carbocycles. The molecule has 1 aromatic heterocycles. The summed E-state index contributed by atoms with van der Waals surface area (Å²) in [4.78, 5) is 139. The molecule has 0 bridgehead atoms. The number of benzene rings is 2. The standard InChI is InChI=1S/C50H70N12O11/c1-27(2)19-36(40(64)22-30(13-10-18-55-49(53)54-4)46(70)61-39(45(52)69)21-31-25-56-34-15-9-8-14-32(31)34)62-50(73)57-26-42(66)37(20-29-11-6-5-7-12-29)59-47(71)33(28(3)63)23-41(65)38(24-43(51)67)60-48(72)35-16-17-44(68)58-35/h5-9,11-12,14-15,25,27-28,30,33,35-39,56,63H,10,13,16-24,26H2,1-4H3,(H2,51,67)(H2,52,69)(H,58,68)(H,59,71)(H,60,72)(H,61,70)(H3,53,54,55)(H2,57,62,73)/t28-,30-,33+,35+,36+,37+,38+,39+/m1/s1. The SMILES string of the molecule is CN=C(N)NCCC[C@H](CC(=O)[C@H](CC(C)C)NC(=O)NCC(=O)[C@H](Cc1ccccc1)NC(=O)[C@@H](CC(=O)[C@H](CC(N)=O)NC(=O)[C@@H]1CCC(=O)N1)[C@@H](C)O)C(=O)N[C@@H](Cc1c[nH]c2ccccc12)C(N)=O. The van der Waals surface area contributed by atoms with Crippen molar-refractivity contribution in [3.05, 3.63) is 71.9 Å². The largest absolute Gasteiger partial charge is 0.393 e. The van der Waals surface area contributed by atoms with Gasteiger partial charge in [-0.05, 0) is 62.1 Å². The lowest BCUT2D eigenvalue weighted by molar-refractivity contribution is -0.137. The number of primary amides is 2. The van der Waals surface area contributed by atoms with E-state index >= 15 is 0 Å². The van der Waals surface area contributed by atoms with E-state index in [1.807, 2.05) is 38.1 Å². The number of guanidine groups is 1. The maximum absolute atomic E-state index is 14.1. The normalized spacial score (nSPS) is 16.4. The third-order valence-corrected chi connectivity index (χ3v) is 12.4. The van der Waals surface area contributed by atoms with Gasteiger partial charge in [-0.1, -0.05) is 62.4 Å². The van der Waals surface area contributed by atoms with Gasteiger partial charge in [0.2, 0.25) is 35.4 Å². The Hall–Kier alpha value is -7.69. The zero-order valence-electron chi connectivity index (χ0n) is 41.7.